The van der Waals surface area contributed by atoms with E-state index in [-0.39, 0.29) is 6.04 Å². The Kier molecular flexibility index (Phi) is 3.79. The molecule has 0 amide bonds. The summed E-state index contributed by atoms with van der Waals surface area (Å²) >= 11 is 0. The van der Waals surface area contributed by atoms with Gasteiger partial charge in [-0.05, 0) is 44.0 Å². The zero-order valence-electron chi connectivity index (χ0n) is 10.4. The fraction of sp³-hybridized carbons (Fsp3) is 0.500. The minimum absolute atomic E-state index is 0.102. The Labute approximate surface area is 102 Å². The van der Waals surface area contributed by atoms with Gasteiger partial charge in [0, 0.05) is 6.04 Å². The zero-order valence-corrected chi connectivity index (χ0v) is 10.4. The van der Waals surface area contributed by atoms with Crippen molar-refractivity contribution in [3.8, 4) is 5.75 Å². The monoisotopic (exact) mass is 233 g/mol. The van der Waals surface area contributed by atoms with Gasteiger partial charge in [0.15, 0.2) is 0 Å². The molecule has 1 aliphatic rings. The number of methoxy groups -OCH3 is 1. The average Bonchev–Trinajstić information content (AvgIpc) is 2.71. The van der Waals surface area contributed by atoms with Crippen LogP contribution in [-0.4, -0.2) is 37.4 Å². The molecule has 2 atom stereocenters. The molecule has 2 rings (SSSR count). The Hall–Kier alpha value is -1.35. The fourth-order valence-corrected chi connectivity index (χ4v) is 2.52. The minimum atomic E-state index is 0.102. The van der Waals surface area contributed by atoms with Gasteiger partial charge in [0.2, 0.25) is 0 Å². The number of benzene rings is 1. The molecule has 92 valence electrons. The van der Waals surface area contributed by atoms with Crippen LogP contribution >= 0.6 is 0 Å². The summed E-state index contributed by atoms with van der Waals surface area (Å²) in [5, 5.41) is 0. The highest BCUT2D eigenvalue weighted by Gasteiger charge is 2.29. The van der Waals surface area contributed by atoms with Crippen LogP contribution in [0.3, 0.4) is 0 Å². The molecule has 0 aliphatic carbocycles. The van der Waals surface area contributed by atoms with E-state index >= 15 is 0 Å². The van der Waals surface area contributed by atoms with Crippen molar-refractivity contribution in [3.05, 3.63) is 29.8 Å². The molecule has 0 N–H and O–H groups in total. The normalized spacial score (nSPS) is 24.8. The van der Waals surface area contributed by atoms with Gasteiger partial charge >= 0.3 is 0 Å². The molecule has 2 unspecified atom stereocenters. The van der Waals surface area contributed by atoms with Crippen LogP contribution < -0.4 is 4.74 Å². The highest BCUT2D eigenvalue weighted by atomic mass is 16.5. The Bertz CT molecular complexity index is 392. The van der Waals surface area contributed by atoms with Gasteiger partial charge in [0.1, 0.15) is 12.0 Å². The lowest BCUT2D eigenvalue weighted by atomic mass is 10.0. The van der Waals surface area contributed by atoms with Crippen molar-refractivity contribution in [2.24, 2.45) is 0 Å². The predicted octanol–water partition coefficient (Wildman–Crippen LogP) is 1.90. The zero-order chi connectivity index (χ0) is 12.3. The molecular weight excluding hydrogens is 214 g/mol. The van der Waals surface area contributed by atoms with Gasteiger partial charge in [-0.1, -0.05) is 12.1 Å². The van der Waals surface area contributed by atoms with Crippen LogP contribution in [0.1, 0.15) is 18.4 Å². The van der Waals surface area contributed by atoms with Gasteiger partial charge in [-0.2, -0.15) is 0 Å². The molecule has 17 heavy (non-hydrogen) atoms. The molecule has 0 aromatic heterocycles. The molecule has 1 aromatic carbocycles. The molecule has 1 aliphatic heterocycles. The average molecular weight is 233 g/mol. The second-order valence-corrected chi connectivity index (χ2v) is 4.66. The lowest BCUT2D eigenvalue weighted by Gasteiger charge is -2.22. The number of hydrogen-bond acceptors (Lipinski definition) is 3. The SMILES string of the molecule is COc1cccc(CC2CCC(C=O)N2C)c1. The number of likely N-dealkylation sites (tertiary alicyclic amines) is 1. The second-order valence-electron chi connectivity index (χ2n) is 4.66. The van der Waals surface area contributed by atoms with Gasteiger partial charge in [-0.15, -0.1) is 0 Å². The molecule has 3 heteroatoms. The maximum atomic E-state index is 10.9. The third kappa shape index (κ3) is 2.67. The van der Waals surface area contributed by atoms with Crippen molar-refractivity contribution in [1.29, 1.82) is 0 Å². The fourth-order valence-electron chi connectivity index (χ4n) is 2.52. The third-order valence-corrected chi connectivity index (χ3v) is 3.66. The van der Waals surface area contributed by atoms with Crippen molar-refractivity contribution >= 4 is 6.29 Å². The van der Waals surface area contributed by atoms with Crippen molar-refractivity contribution in [2.75, 3.05) is 14.2 Å². The maximum absolute atomic E-state index is 10.9. The van der Waals surface area contributed by atoms with E-state index in [1.165, 1.54) is 5.56 Å². The molecule has 1 aromatic rings. The molecule has 1 saturated heterocycles. The largest absolute Gasteiger partial charge is 0.497 e. The molecule has 1 heterocycles. The van der Waals surface area contributed by atoms with Gasteiger partial charge in [-0.25, -0.2) is 0 Å². The predicted molar refractivity (Wildman–Crippen MR) is 67.3 cm³/mol. The second kappa shape index (κ2) is 5.32. The summed E-state index contributed by atoms with van der Waals surface area (Å²) in [5.41, 5.74) is 1.27. The number of carbonyl (C=O) groups excluding carboxylic acids is 1. The molecule has 0 radical (unpaired) electrons. The first-order valence-electron chi connectivity index (χ1n) is 6.04. The summed E-state index contributed by atoms with van der Waals surface area (Å²) in [6.45, 7) is 0. The smallest absolute Gasteiger partial charge is 0.137 e. The van der Waals surface area contributed by atoms with Gasteiger partial charge < -0.3 is 9.53 Å². The van der Waals surface area contributed by atoms with Crippen molar-refractivity contribution in [2.45, 2.75) is 31.3 Å². The van der Waals surface area contributed by atoms with Gasteiger partial charge in [0.25, 0.3) is 0 Å². The molecular formula is C14H19NO2. The van der Waals surface area contributed by atoms with E-state index in [4.69, 9.17) is 4.74 Å². The number of hydrogen-bond donors (Lipinski definition) is 0. The summed E-state index contributed by atoms with van der Waals surface area (Å²) in [4.78, 5) is 13.0. The Morgan fingerprint density at radius 1 is 1.47 bits per heavy atom. The van der Waals surface area contributed by atoms with E-state index in [1.54, 1.807) is 7.11 Å². The highest BCUT2D eigenvalue weighted by Crippen LogP contribution is 2.25. The lowest BCUT2D eigenvalue weighted by molar-refractivity contribution is -0.111. The molecule has 0 spiro atoms. The number of ether oxygens (including phenoxy) is 1. The number of carbonyl (C=O) groups is 1. The Balaban J connectivity index is 2.03. The van der Waals surface area contributed by atoms with E-state index in [0.717, 1.165) is 31.3 Å². The maximum Gasteiger partial charge on any atom is 0.137 e. The van der Waals surface area contributed by atoms with Gasteiger partial charge in [-0.3, -0.25) is 4.90 Å². The number of aldehydes is 1. The minimum Gasteiger partial charge on any atom is -0.497 e. The molecule has 0 bridgehead atoms. The van der Waals surface area contributed by atoms with Crippen molar-refractivity contribution in [1.82, 2.24) is 4.90 Å². The van der Waals surface area contributed by atoms with Crippen LogP contribution in [0.15, 0.2) is 24.3 Å². The molecule has 0 saturated carbocycles. The van der Waals surface area contributed by atoms with Crippen LogP contribution in [0.4, 0.5) is 0 Å². The van der Waals surface area contributed by atoms with E-state index in [2.05, 4.69) is 17.0 Å². The van der Waals surface area contributed by atoms with Crippen molar-refractivity contribution in [3.63, 3.8) is 0 Å². The number of likely N-dealkylation sites (N-methyl/N-ethyl adjacent to an activating group) is 1. The van der Waals surface area contributed by atoms with E-state index in [1.807, 2.05) is 19.2 Å². The highest BCUT2D eigenvalue weighted by molar-refractivity contribution is 5.58. The Morgan fingerprint density at radius 3 is 2.94 bits per heavy atom. The first kappa shape index (κ1) is 12.1. The van der Waals surface area contributed by atoms with Crippen LogP contribution in [0.25, 0.3) is 0 Å². The summed E-state index contributed by atoms with van der Waals surface area (Å²) in [6.07, 6.45) is 4.12. The van der Waals surface area contributed by atoms with Crippen molar-refractivity contribution < 1.29 is 9.53 Å². The first-order valence-corrected chi connectivity index (χ1v) is 6.04. The summed E-state index contributed by atoms with van der Waals surface area (Å²) in [6, 6.07) is 8.73. The topological polar surface area (TPSA) is 29.5 Å². The Morgan fingerprint density at radius 2 is 2.29 bits per heavy atom. The number of rotatable bonds is 4. The summed E-state index contributed by atoms with van der Waals surface area (Å²) in [7, 11) is 3.72. The quantitative estimate of drug-likeness (QED) is 0.744. The van der Waals surface area contributed by atoms with Crippen LogP contribution in [0, 0.1) is 0 Å². The first-order chi connectivity index (χ1) is 8.24. The number of nitrogens with zero attached hydrogens (tertiary/aromatic N) is 1. The summed E-state index contributed by atoms with van der Waals surface area (Å²) < 4.78 is 5.22. The van der Waals surface area contributed by atoms with Crippen LogP contribution in [-0.2, 0) is 11.2 Å². The lowest BCUT2D eigenvalue weighted by Crippen LogP contribution is -2.34. The standard InChI is InChI=1S/C14H19NO2/c1-15-12(6-7-13(15)10-16)8-11-4-3-5-14(9-11)17-2/h3-5,9-10,12-13H,6-8H2,1-2H3. The van der Waals surface area contributed by atoms with E-state index in [0.29, 0.717) is 6.04 Å². The molecule has 3 nitrogen and oxygen atoms in total. The van der Waals surface area contributed by atoms with Crippen LogP contribution in [0.5, 0.6) is 5.75 Å². The third-order valence-electron chi connectivity index (χ3n) is 3.66. The van der Waals surface area contributed by atoms with Gasteiger partial charge in [0.05, 0.1) is 13.2 Å². The summed E-state index contributed by atoms with van der Waals surface area (Å²) in [5.74, 6) is 0.898. The van der Waals surface area contributed by atoms with Crippen LogP contribution in [0.2, 0.25) is 0 Å². The van der Waals surface area contributed by atoms with E-state index < -0.39 is 0 Å². The molecule has 1 fully saturated rings. The van der Waals surface area contributed by atoms with E-state index in [9.17, 15) is 4.79 Å².